The standard InChI is InChI=1S/C12H24N2O2S2/c1-9(2)13-11(15)5-7-17-18-8-6-12(16)14-10(3)4/h9-10H,5-8H2,1-4H3,(H,13,15)(H,14,16). The molecular formula is C12H24N2O2S2. The fourth-order valence-corrected chi connectivity index (χ4v) is 3.16. The molecule has 106 valence electrons. The molecule has 2 N–H and O–H groups in total. The zero-order chi connectivity index (χ0) is 14.0. The minimum atomic E-state index is 0.0932. The van der Waals surface area contributed by atoms with Gasteiger partial charge in [-0.2, -0.15) is 0 Å². The molecule has 0 aromatic heterocycles. The molecule has 6 heteroatoms. The van der Waals surface area contributed by atoms with E-state index in [0.717, 1.165) is 11.5 Å². The van der Waals surface area contributed by atoms with Crippen LogP contribution in [0.5, 0.6) is 0 Å². The Bertz CT molecular complexity index is 232. The molecule has 0 saturated carbocycles. The fourth-order valence-electron chi connectivity index (χ4n) is 1.17. The van der Waals surface area contributed by atoms with Crippen molar-refractivity contribution < 1.29 is 9.59 Å². The second kappa shape index (κ2) is 10.6. The Morgan fingerprint density at radius 2 is 1.17 bits per heavy atom. The quantitative estimate of drug-likeness (QED) is 0.505. The third kappa shape index (κ3) is 12.1. The van der Waals surface area contributed by atoms with Gasteiger partial charge < -0.3 is 10.6 Å². The Balaban J connectivity index is 3.36. The Kier molecular flexibility index (Phi) is 10.3. The van der Waals surface area contributed by atoms with Crippen molar-refractivity contribution >= 4 is 33.4 Å². The van der Waals surface area contributed by atoms with Crippen LogP contribution < -0.4 is 10.6 Å². The van der Waals surface area contributed by atoms with Crippen molar-refractivity contribution in [2.75, 3.05) is 11.5 Å². The van der Waals surface area contributed by atoms with Crippen LogP contribution in [0.25, 0.3) is 0 Å². The van der Waals surface area contributed by atoms with Crippen LogP contribution in [0.1, 0.15) is 40.5 Å². The highest BCUT2D eigenvalue weighted by Gasteiger charge is 2.05. The number of amides is 2. The van der Waals surface area contributed by atoms with Gasteiger partial charge in [-0.05, 0) is 27.7 Å². The highest BCUT2D eigenvalue weighted by atomic mass is 33.1. The number of carbonyl (C=O) groups is 2. The molecule has 0 radical (unpaired) electrons. The summed E-state index contributed by atoms with van der Waals surface area (Å²) in [7, 11) is 3.29. The van der Waals surface area contributed by atoms with Crippen LogP contribution in [-0.4, -0.2) is 35.4 Å². The van der Waals surface area contributed by atoms with E-state index in [-0.39, 0.29) is 23.9 Å². The summed E-state index contributed by atoms with van der Waals surface area (Å²) in [5, 5.41) is 5.70. The normalized spacial score (nSPS) is 10.8. The molecule has 0 aliphatic heterocycles. The SMILES string of the molecule is CC(C)NC(=O)CCSSCCC(=O)NC(C)C. The average molecular weight is 292 g/mol. The van der Waals surface area contributed by atoms with Crippen molar-refractivity contribution in [2.24, 2.45) is 0 Å². The zero-order valence-electron chi connectivity index (χ0n) is 11.6. The van der Waals surface area contributed by atoms with Crippen LogP contribution in [-0.2, 0) is 9.59 Å². The Morgan fingerprint density at radius 3 is 1.44 bits per heavy atom. The van der Waals surface area contributed by atoms with Crippen LogP contribution in [0.4, 0.5) is 0 Å². The van der Waals surface area contributed by atoms with Gasteiger partial charge in [0.25, 0.3) is 0 Å². The van der Waals surface area contributed by atoms with Gasteiger partial charge in [0.15, 0.2) is 0 Å². The molecule has 0 saturated heterocycles. The Labute approximate surface area is 118 Å². The Hall–Kier alpha value is -0.360. The van der Waals surface area contributed by atoms with Gasteiger partial charge in [-0.25, -0.2) is 0 Å². The summed E-state index contributed by atoms with van der Waals surface area (Å²) in [6, 6.07) is 0.407. The molecule has 0 aromatic carbocycles. The van der Waals surface area contributed by atoms with Gasteiger partial charge in [0.1, 0.15) is 0 Å². The van der Waals surface area contributed by atoms with E-state index in [1.807, 2.05) is 27.7 Å². The minimum absolute atomic E-state index is 0.0932. The smallest absolute Gasteiger partial charge is 0.221 e. The van der Waals surface area contributed by atoms with E-state index in [0.29, 0.717) is 12.8 Å². The molecule has 0 fully saturated rings. The summed E-state index contributed by atoms with van der Waals surface area (Å²) < 4.78 is 0. The lowest BCUT2D eigenvalue weighted by Gasteiger charge is -2.08. The van der Waals surface area contributed by atoms with E-state index in [2.05, 4.69) is 10.6 Å². The summed E-state index contributed by atoms with van der Waals surface area (Å²) in [5.74, 6) is 1.76. The molecular weight excluding hydrogens is 268 g/mol. The van der Waals surface area contributed by atoms with Gasteiger partial charge in [-0.15, -0.1) is 0 Å². The number of hydrogen-bond acceptors (Lipinski definition) is 4. The lowest BCUT2D eigenvalue weighted by Crippen LogP contribution is -2.30. The summed E-state index contributed by atoms with van der Waals surface area (Å²) in [5.41, 5.74) is 0. The lowest BCUT2D eigenvalue weighted by molar-refractivity contribution is -0.122. The predicted molar refractivity (Wildman–Crippen MR) is 80.7 cm³/mol. The largest absolute Gasteiger partial charge is 0.354 e. The van der Waals surface area contributed by atoms with Gasteiger partial charge in [0, 0.05) is 36.4 Å². The van der Waals surface area contributed by atoms with E-state index in [9.17, 15) is 9.59 Å². The van der Waals surface area contributed by atoms with Gasteiger partial charge in [0.2, 0.25) is 11.8 Å². The first-order valence-corrected chi connectivity index (χ1v) is 8.73. The number of hydrogen-bond donors (Lipinski definition) is 2. The van der Waals surface area contributed by atoms with Crippen molar-refractivity contribution in [3.05, 3.63) is 0 Å². The number of carbonyl (C=O) groups excluding carboxylic acids is 2. The molecule has 0 rings (SSSR count). The molecule has 0 heterocycles. The van der Waals surface area contributed by atoms with E-state index in [1.165, 1.54) is 0 Å². The summed E-state index contributed by atoms with van der Waals surface area (Å²) >= 11 is 0. The molecule has 0 bridgehead atoms. The maximum Gasteiger partial charge on any atom is 0.221 e. The highest BCUT2D eigenvalue weighted by molar-refractivity contribution is 8.76. The topological polar surface area (TPSA) is 58.2 Å². The Morgan fingerprint density at radius 1 is 0.833 bits per heavy atom. The average Bonchev–Trinajstić information content (AvgIpc) is 2.20. The zero-order valence-corrected chi connectivity index (χ0v) is 13.2. The summed E-state index contributed by atoms with van der Waals surface area (Å²) in [4.78, 5) is 22.6. The number of rotatable bonds is 9. The van der Waals surface area contributed by atoms with Crippen LogP contribution in [0.15, 0.2) is 0 Å². The van der Waals surface area contributed by atoms with Gasteiger partial charge in [0.05, 0.1) is 0 Å². The minimum Gasteiger partial charge on any atom is -0.354 e. The van der Waals surface area contributed by atoms with Gasteiger partial charge in [-0.1, -0.05) is 21.6 Å². The van der Waals surface area contributed by atoms with Crippen LogP contribution in [0.3, 0.4) is 0 Å². The van der Waals surface area contributed by atoms with Crippen LogP contribution in [0, 0.1) is 0 Å². The second-order valence-electron chi connectivity index (χ2n) is 4.59. The first-order valence-electron chi connectivity index (χ1n) is 6.25. The van der Waals surface area contributed by atoms with Crippen molar-refractivity contribution in [2.45, 2.75) is 52.6 Å². The van der Waals surface area contributed by atoms with Crippen molar-refractivity contribution in [3.63, 3.8) is 0 Å². The lowest BCUT2D eigenvalue weighted by atomic mass is 10.3. The van der Waals surface area contributed by atoms with Crippen molar-refractivity contribution in [1.82, 2.24) is 10.6 Å². The molecule has 0 atom stereocenters. The van der Waals surface area contributed by atoms with Gasteiger partial charge in [-0.3, -0.25) is 9.59 Å². The third-order valence-corrected chi connectivity index (χ3v) is 4.22. The molecule has 0 aromatic rings. The van der Waals surface area contributed by atoms with E-state index in [4.69, 9.17) is 0 Å². The summed E-state index contributed by atoms with van der Waals surface area (Å²) in [6.45, 7) is 7.81. The van der Waals surface area contributed by atoms with Crippen LogP contribution in [0.2, 0.25) is 0 Å². The highest BCUT2D eigenvalue weighted by Crippen LogP contribution is 2.22. The molecule has 0 aliphatic carbocycles. The molecule has 0 aliphatic rings. The van der Waals surface area contributed by atoms with Crippen molar-refractivity contribution in [1.29, 1.82) is 0 Å². The maximum absolute atomic E-state index is 11.3. The fraction of sp³-hybridized carbons (Fsp3) is 0.833. The van der Waals surface area contributed by atoms with E-state index in [1.54, 1.807) is 21.6 Å². The molecule has 2 amide bonds. The number of nitrogens with one attached hydrogen (secondary N) is 2. The first kappa shape index (κ1) is 17.6. The molecule has 0 spiro atoms. The summed E-state index contributed by atoms with van der Waals surface area (Å²) in [6.07, 6.45) is 1.07. The first-order chi connectivity index (χ1) is 8.41. The van der Waals surface area contributed by atoms with E-state index >= 15 is 0 Å². The van der Waals surface area contributed by atoms with Crippen LogP contribution >= 0.6 is 21.6 Å². The second-order valence-corrected chi connectivity index (χ2v) is 7.29. The van der Waals surface area contributed by atoms with E-state index < -0.39 is 0 Å². The maximum atomic E-state index is 11.3. The monoisotopic (exact) mass is 292 g/mol. The predicted octanol–water partition coefficient (Wildman–Crippen LogP) is 2.20. The van der Waals surface area contributed by atoms with Crippen molar-refractivity contribution in [3.8, 4) is 0 Å². The molecule has 0 unspecified atom stereocenters. The molecule has 4 nitrogen and oxygen atoms in total. The third-order valence-electron chi connectivity index (χ3n) is 1.81. The van der Waals surface area contributed by atoms with Gasteiger partial charge >= 0.3 is 0 Å². The molecule has 18 heavy (non-hydrogen) atoms.